The maximum Gasteiger partial charge on any atom is 0.295 e. The molecular formula is C32H35NO5. The van der Waals surface area contributed by atoms with Gasteiger partial charge >= 0.3 is 0 Å². The Hall–Kier alpha value is -4.06. The molecule has 3 aromatic rings. The topological polar surface area (TPSA) is 76.1 Å². The van der Waals surface area contributed by atoms with Crippen molar-refractivity contribution in [2.75, 3.05) is 13.7 Å². The number of hydrogen-bond donors (Lipinski definition) is 1. The van der Waals surface area contributed by atoms with Crippen molar-refractivity contribution in [2.45, 2.75) is 52.6 Å². The normalized spacial score (nSPS) is 17.1. The van der Waals surface area contributed by atoms with E-state index in [0.717, 1.165) is 22.3 Å². The molecular weight excluding hydrogens is 478 g/mol. The standard InChI is InChI=1S/C32H35NO5/c1-7-38-25-17-14-22(18-20(25)2)29(34)27-28(21-12-15-24(16-13-21)32(3,4)5)33(31(36)30(27)35)19-23-10-8-9-11-26(23)37-6/h8-18,28,34H,7,19H2,1-6H3/b29-27-. The van der Waals surface area contributed by atoms with E-state index in [1.165, 1.54) is 4.90 Å². The summed E-state index contributed by atoms with van der Waals surface area (Å²) in [5.74, 6) is -0.255. The minimum atomic E-state index is -0.763. The van der Waals surface area contributed by atoms with Gasteiger partial charge in [0, 0.05) is 11.1 Å². The summed E-state index contributed by atoms with van der Waals surface area (Å²) < 4.78 is 11.1. The molecule has 1 fully saturated rings. The van der Waals surface area contributed by atoms with Crippen molar-refractivity contribution >= 4 is 17.4 Å². The number of aryl methyl sites for hydroxylation is 1. The number of amides is 1. The van der Waals surface area contributed by atoms with Crippen molar-refractivity contribution in [1.82, 2.24) is 4.90 Å². The van der Waals surface area contributed by atoms with E-state index in [9.17, 15) is 14.7 Å². The van der Waals surface area contributed by atoms with Crippen LogP contribution in [-0.2, 0) is 21.5 Å². The van der Waals surface area contributed by atoms with Gasteiger partial charge in [-0.1, -0.05) is 63.2 Å². The highest BCUT2D eigenvalue weighted by atomic mass is 16.5. The third-order valence-corrected chi connectivity index (χ3v) is 6.91. The number of ether oxygens (including phenoxy) is 2. The molecule has 1 saturated heterocycles. The molecule has 1 unspecified atom stereocenters. The Balaban J connectivity index is 1.86. The lowest BCUT2D eigenvalue weighted by molar-refractivity contribution is -0.140. The molecule has 1 aliphatic rings. The highest BCUT2D eigenvalue weighted by Crippen LogP contribution is 2.42. The predicted molar refractivity (Wildman–Crippen MR) is 148 cm³/mol. The number of rotatable bonds is 7. The summed E-state index contributed by atoms with van der Waals surface area (Å²) in [5.41, 5.74) is 3.93. The van der Waals surface area contributed by atoms with Crippen LogP contribution in [0.5, 0.6) is 11.5 Å². The third kappa shape index (κ3) is 5.17. The minimum absolute atomic E-state index is 0.0580. The van der Waals surface area contributed by atoms with Gasteiger partial charge in [-0.2, -0.15) is 0 Å². The van der Waals surface area contributed by atoms with Gasteiger partial charge in [-0.05, 0) is 60.2 Å². The van der Waals surface area contributed by atoms with E-state index in [4.69, 9.17) is 9.47 Å². The zero-order valence-electron chi connectivity index (χ0n) is 22.9. The molecule has 1 atom stereocenters. The van der Waals surface area contributed by atoms with E-state index in [2.05, 4.69) is 20.8 Å². The summed E-state index contributed by atoms with van der Waals surface area (Å²) in [5, 5.41) is 11.5. The maximum atomic E-state index is 13.5. The second kappa shape index (κ2) is 10.7. The molecule has 6 nitrogen and oxygen atoms in total. The summed E-state index contributed by atoms with van der Waals surface area (Å²) in [6.07, 6.45) is 0. The largest absolute Gasteiger partial charge is 0.507 e. The van der Waals surface area contributed by atoms with E-state index in [1.54, 1.807) is 25.3 Å². The lowest BCUT2D eigenvalue weighted by Crippen LogP contribution is -2.29. The summed E-state index contributed by atoms with van der Waals surface area (Å²) in [6.45, 7) is 10.8. The number of ketones is 1. The number of methoxy groups -OCH3 is 1. The fourth-order valence-electron chi connectivity index (χ4n) is 4.84. The number of likely N-dealkylation sites (tertiary alicyclic amines) is 1. The molecule has 1 heterocycles. The van der Waals surface area contributed by atoms with E-state index >= 15 is 0 Å². The molecule has 198 valence electrons. The van der Waals surface area contributed by atoms with E-state index in [1.807, 2.05) is 62.4 Å². The molecule has 1 aliphatic heterocycles. The Morgan fingerprint density at radius 2 is 1.66 bits per heavy atom. The monoisotopic (exact) mass is 513 g/mol. The number of aliphatic hydroxyl groups is 1. The minimum Gasteiger partial charge on any atom is -0.507 e. The summed E-state index contributed by atoms with van der Waals surface area (Å²) >= 11 is 0. The van der Waals surface area contributed by atoms with Crippen molar-refractivity contribution in [2.24, 2.45) is 0 Å². The van der Waals surface area contributed by atoms with Gasteiger partial charge in [0.1, 0.15) is 17.3 Å². The van der Waals surface area contributed by atoms with Gasteiger partial charge in [0.25, 0.3) is 11.7 Å². The molecule has 0 aromatic heterocycles. The third-order valence-electron chi connectivity index (χ3n) is 6.91. The second-order valence-corrected chi connectivity index (χ2v) is 10.5. The van der Waals surface area contributed by atoms with Crippen molar-refractivity contribution < 1.29 is 24.2 Å². The first kappa shape index (κ1) is 27.0. The fourth-order valence-corrected chi connectivity index (χ4v) is 4.84. The highest BCUT2D eigenvalue weighted by molar-refractivity contribution is 6.46. The maximum absolute atomic E-state index is 13.5. The van der Waals surface area contributed by atoms with Crippen LogP contribution in [0.2, 0.25) is 0 Å². The van der Waals surface area contributed by atoms with Crippen LogP contribution in [-0.4, -0.2) is 35.4 Å². The van der Waals surface area contributed by atoms with Crippen LogP contribution in [0.3, 0.4) is 0 Å². The van der Waals surface area contributed by atoms with Crippen LogP contribution in [0.1, 0.15) is 61.6 Å². The first-order valence-corrected chi connectivity index (χ1v) is 12.8. The Labute approximate surface area is 224 Å². The van der Waals surface area contributed by atoms with Crippen LogP contribution in [0, 0.1) is 6.92 Å². The number of hydrogen-bond acceptors (Lipinski definition) is 5. The van der Waals surface area contributed by atoms with Crippen molar-refractivity contribution in [3.8, 4) is 11.5 Å². The molecule has 3 aromatic carbocycles. The van der Waals surface area contributed by atoms with Gasteiger partial charge in [0.15, 0.2) is 0 Å². The Morgan fingerprint density at radius 1 is 0.974 bits per heavy atom. The predicted octanol–water partition coefficient (Wildman–Crippen LogP) is 6.32. The highest BCUT2D eigenvalue weighted by Gasteiger charge is 2.46. The van der Waals surface area contributed by atoms with Crippen molar-refractivity contribution in [1.29, 1.82) is 0 Å². The van der Waals surface area contributed by atoms with Crippen LogP contribution in [0.25, 0.3) is 5.76 Å². The Morgan fingerprint density at radius 3 is 2.26 bits per heavy atom. The zero-order valence-corrected chi connectivity index (χ0v) is 22.9. The Bertz CT molecular complexity index is 1380. The zero-order chi connectivity index (χ0) is 27.6. The van der Waals surface area contributed by atoms with Gasteiger partial charge in [-0.25, -0.2) is 0 Å². The molecule has 0 radical (unpaired) electrons. The number of carbonyl (C=O) groups excluding carboxylic acids is 2. The number of carbonyl (C=O) groups is 2. The van der Waals surface area contributed by atoms with Crippen LogP contribution in [0.15, 0.2) is 72.3 Å². The smallest absolute Gasteiger partial charge is 0.295 e. The average Bonchev–Trinajstić information content (AvgIpc) is 3.14. The van der Waals surface area contributed by atoms with Gasteiger partial charge in [0.05, 0.1) is 31.9 Å². The second-order valence-electron chi connectivity index (χ2n) is 10.5. The van der Waals surface area contributed by atoms with Gasteiger partial charge in [0.2, 0.25) is 0 Å². The summed E-state index contributed by atoms with van der Waals surface area (Å²) in [6, 6.07) is 19.8. The molecule has 1 amide bonds. The van der Waals surface area contributed by atoms with E-state index < -0.39 is 17.7 Å². The first-order valence-electron chi connectivity index (χ1n) is 12.8. The number of Topliss-reactive ketones (excluding diaryl/α,β-unsaturated/α-hetero) is 1. The lowest BCUT2D eigenvalue weighted by atomic mass is 9.85. The molecule has 1 N–H and O–H groups in total. The van der Waals surface area contributed by atoms with Gasteiger partial charge in [-0.15, -0.1) is 0 Å². The van der Waals surface area contributed by atoms with Crippen molar-refractivity contribution in [3.05, 3.63) is 100 Å². The van der Waals surface area contributed by atoms with Crippen LogP contribution in [0.4, 0.5) is 0 Å². The lowest BCUT2D eigenvalue weighted by Gasteiger charge is -2.27. The quantitative estimate of drug-likeness (QED) is 0.227. The number of benzene rings is 3. The first-order chi connectivity index (χ1) is 18.1. The van der Waals surface area contributed by atoms with Crippen LogP contribution < -0.4 is 9.47 Å². The van der Waals surface area contributed by atoms with E-state index in [0.29, 0.717) is 23.7 Å². The molecule has 4 rings (SSSR count). The van der Waals surface area contributed by atoms with Crippen LogP contribution >= 0.6 is 0 Å². The Kier molecular flexibility index (Phi) is 7.63. The average molecular weight is 514 g/mol. The van der Waals surface area contributed by atoms with E-state index in [-0.39, 0.29) is 23.3 Å². The summed E-state index contributed by atoms with van der Waals surface area (Å²) in [4.78, 5) is 28.4. The number of para-hydroxylation sites is 1. The van der Waals surface area contributed by atoms with Crippen molar-refractivity contribution in [3.63, 3.8) is 0 Å². The SMILES string of the molecule is CCOc1ccc(/C(O)=C2/C(=O)C(=O)N(Cc3ccccc3OC)C2c2ccc(C(C)(C)C)cc2)cc1C. The molecule has 0 saturated carbocycles. The molecule has 0 bridgehead atoms. The summed E-state index contributed by atoms with van der Waals surface area (Å²) in [7, 11) is 1.57. The molecule has 6 heteroatoms. The van der Waals surface area contributed by atoms with Gasteiger partial charge in [-0.3, -0.25) is 9.59 Å². The van der Waals surface area contributed by atoms with Gasteiger partial charge < -0.3 is 19.5 Å². The molecule has 0 spiro atoms. The number of aliphatic hydroxyl groups excluding tert-OH is 1. The fraction of sp³-hybridized carbons (Fsp3) is 0.312. The number of nitrogens with zero attached hydrogens (tertiary/aromatic N) is 1. The molecule has 0 aliphatic carbocycles. The molecule has 38 heavy (non-hydrogen) atoms.